The van der Waals surface area contributed by atoms with Crippen LogP contribution in [0.15, 0.2) is 63.9 Å². The summed E-state index contributed by atoms with van der Waals surface area (Å²) in [6, 6.07) is 13.2. The van der Waals surface area contributed by atoms with Crippen LogP contribution in [0.2, 0.25) is 5.02 Å². The molecule has 0 atom stereocenters. The largest absolute Gasteiger partial charge is 0.455 e. The van der Waals surface area contributed by atoms with Crippen LogP contribution in [0.1, 0.15) is 20.8 Å². The molecule has 0 radical (unpaired) electrons. The van der Waals surface area contributed by atoms with E-state index >= 15 is 0 Å². The maximum absolute atomic E-state index is 13.0. The minimum Gasteiger partial charge on any atom is -0.455 e. The number of imide groups is 1. The fourth-order valence-corrected chi connectivity index (χ4v) is 3.44. The van der Waals surface area contributed by atoms with E-state index < -0.39 is 11.8 Å². The second kappa shape index (κ2) is 5.49. The number of amides is 2. The summed E-state index contributed by atoms with van der Waals surface area (Å²) < 4.78 is 5.83. The second-order valence-corrected chi connectivity index (χ2v) is 6.51. The van der Waals surface area contributed by atoms with Gasteiger partial charge in [-0.15, -0.1) is 0 Å². The second-order valence-electron chi connectivity index (χ2n) is 6.08. The Kier molecular flexibility index (Phi) is 3.20. The van der Waals surface area contributed by atoms with Gasteiger partial charge in [0.15, 0.2) is 5.58 Å². The SMILES string of the molecule is O=C1c2ncc3c(=O)c4cc(Cl)ccc4oc3c2C(=O)N1c1ccccc1. The van der Waals surface area contributed by atoms with Crippen molar-refractivity contribution >= 4 is 51.0 Å². The van der Waals surface area contributed by atoms with Crippen molar-refractivity contribution in [1.29, 1.82) is 0 Å². The number of carbonyl (C=O) groups excluding carboxylic acids is 2. The molecule has 5 rings (SSSR count). The third-order valence-electron chi connectivity index (χ3n) is 4.51. The highest BCUT2D eigenvalue weighted by Gasteiger charge is 2.40. The Morgan fingerprint density at radius 2 is 1.70 bits per heavy atom. The van der Waals surface area contributed by atoms with Gasteiger partial charge in [-0.1, -0.05) is 29.8 Å². The Bertz CT molecular complexity index is 1350. The molecular formula is C20H9ClN2O4. The average molecular weight is 377 g/mol. The van der Waals surface area contributed by atoms with Crippen LogP contribution < -0.4 is 10.3 Å². The minimum absolute atomic E-state index is 0.00435. The van der Waals surface area contributed by atoms with E-state index in [1.165, 1.54) is 12.3 Å². The molecule has 6 nitrogen and oxygen atoms in total. The number of hydrogen-bond donors (Lipinski definition) is 0. The smallest absolute Gasteiger partial charge is 0.284 e. The van der Waals surface area contributed by atoms with Crippen molar-refractivity contribution in [2.45, 2.75) is 0 Å². The molecule has 0 saturated carbocycles. The van der Waals surface area contributed by atoms with Gasteiger partial charge in [-0.05, 0) is 30.3 Å². The van der Waals surface area contributed by atoms with Crippen LogP contribution in [-0.4, -0.2) is 16.8 Å². The molecule has 2 aromatic carbocycles. The first-order valence-electron chi connectivity index (χ1n) is 8.05. The first kappa shape index (κ1) is 15.7. The number of fused-ring (bicyclic) bond motifs is 4. The fourth-order valence-electron chi connectivity index (χ4n) is 3.27. The minimum atomic E-state index is -0.573. The van der Waals surface area contributed by atoms with E-state index in [2.05, 4.69) is 4.98 Å². The standard InChI is InChI=1S/C20H9ClN2O4/c21-10-6-7-14-12(8-10)17(24)13-9-22-16-15(18(13)27-14)19(25)23(20(16)26)11-4-2-1-3-5-11/h1-9H. The molecule has 3 heterocycles. The zero-order chi connectivity index (χ0) is 18.7. The lowest BCUT2D eigenvalue weighted by Crippen LogP contribution is -2.29. The number of carbonyl (C=O) groups is 2. The van der Waals surface area contributed by atoms with Crippen molar-refractivity contribution < 1.29 is 14.0 Å². The highest BCUT2D eigenvalue weighted by atomic mass is 35.5. The molecule has 2 aromatic heterocycles. The van der Waals surface area contributed by atoms with Gasteiger partial charge in [0.1, 0.15) is 16.8 Å². The predicted octanol–water partition coefficient (Wildman–Crippen LogP) is 3.80. The summed E-state index contributed by atoms with van der Waals surface area (Å²) >= 11 is 5.96. The van der Waals surface area contributed by atoms with Crippen LogP contribution in [0.5, 0.6) is 0 Å². The molecule has 4 aromatic rings. The van der Waals surface area contributed by atoms with Gasteiger partial charge in [-0.2, -0.15) is 0 Å². The molecular weight excluding hydrogens is 368 g/mol. The van der Waals surface area contributed by atoms with E-state index in [9.17, 15) is 14.4 Å². The molecule has 27 heavy (non-hydrogen) atoms. The Morgan fingerprint density at radius 3 is 2.48 bits per heavy atom. The van der Waals surface area contributed by atoms with Gasteiger partial charge in [0.25, 0.3) is 11.8 Å². The fraction of sp³-hybridized carbons (Fsp3) is 0. The van der Waals surface area contributed by atoms with E-state index in [1.807, 2.05) is 0 Å². The lowest BCUT2D eigenvalue weighted by Gasteiger charge is -2.12. The van der Waals surface area contributed by atoms with Gasteiger partial charge in [-0.3, -0.25) is 14.4 Å². The molecule has 0 N–H and O–H groups in total. The summed E-state index contributed by atoms with van der Waals surface area (Å²) in [6.45, 7) is 0. The maximum atomic E-state index is 13.0. The Labute approximate surface area is 156 Å². The topological polar surface area (TPSA) is 80.5 Å². The number of rotatable bonds is 1. The van der Waals surface area contributed by atoms with Crippen LogP contribution in [0.4, 0.5) is 5.69 Å². The van der Waals surface area contributed by atoms with Crippen molar-refractivity contribution in [3.63, 3.8) is 0 Å². The quantitative estimate of drug-likeness (QED) is 0.373. The molecule has 0 fully saturated rings. The Hall–Kier alpha value is -3.51. The zero-order valence-corrected chi connectivity index (χ0v) is 14.4. The van der Waals surface area contributed by atoms with E-state index in [0.717, 1.165) is 4.90 Å². The molecule has 2 amide bonds. The number of aromatic nitrogens is 1. The molecule has 7 heteroatoms. The van der Waals surface area contributed by atoms with Gasteiger partial charge in [0.2, 0.25) is 5.43 Å². The highest BCUT2D eigenvalue weighted by molar-refractivity contribution is 6.36. The third-order valence-corrected chi connectivity index (χ3v) is 4.75. The number of halogens is 1. The van der Waals surface area contributed by atoms with Gasteiger partial charge in [0.05, 0.1) is 16.5 Å². The summed E-state index contributed by atoms with van der Waals surface area (Å²) in [5.41, 5.74) is 0.361. The van der Waals surface area contributed by atoms with E-state index in [-0.39, 0.29) is 38.6 Å². The molecule has 130 valence electrons. The van der Waals surface area contributed by atoms with Crippen molar-refractivity contribution in [2.75, 3.05) is 4.90 Å². The van der Waals surface area contributed by atoms with Crippen LogP contribution in [0.3, 0.4) is 0 Å². The monoisotopic (exact) mass is 376 g/mol. The number of benzene rings is 2. The number of hydrogen-bond acceptors (Lipinski definition) is 5. The molecule has 0 spiro atoms. The zero-order valence-electron chi connectivity index (χ0n) is 13.6. The number of nitrogens with zero attached hydrogens (tertiary/aromatic N) is 2. The first-order chi connectivity index (χ1) is 13.1. The summed E-state index contributed by atoms with van der Waals surface area (Å²) in [4.78, 5) is 43.7. The van der Waals surface area contributed by atoms with E-state index in [0.29, 0.717) is 10.7 Å². The summed E-state index contributed by atoms with van der Waals surface area (Å²) in [6.07, 6.45) is 1.26. The lowest BCUT2D eigenvalue weighted by molar-refractivity contribution is 0.0925. The molecule has 1 aliphatic heterocycles. The first-order valence-corrected chi connectivity index (χ1v) is 8.43. The highest BCUT2D eigenvalue weighted by Crippen LogP contribution is 2.32. The van der Waals surface area contributed by atoms with Crippen molar-refractivity contribution in [2.24, 2.45) is 0 Å². The summed E-state index contributed by atoms with van der Waals surface area (Å²) in [5, 5.41) is 0.804. The van der Waals surface area contributed by atoms with Crippen LogP contribution in [0.25, 0.3) is 21.9 Å². The van der Waals surface area contributed by atoms with Crippen molar-refractivity contribution in [3.05, 3.63) is 81.2 Å². The van der Waals surface area contributed by atoms with Crippen molar-refractivity contribution in [1.82, 2.24) is 4.98 Å². The average Bonchev–Trinajstić information content (AvgIpc) is 2.94. The number of pyridine rings is 1. The number of anilines is 1. The van der Waals surface area contributed by atoms with Gasteiger partial charge in [-0.25, -0.2) is 9.88 Å². The lowest BCUT2D eigenvalue weighted by atomic mass is 10.1. The molecule has 0 aliphatic carbocycles. The van der Waals surface area contributed by atoms with Crippen LogP contribution in [-0.2, 0) is 0 Å². The molecule has 0 saturated heterocycles. The van der Waals surface area contributed by atoms with E-state index in [4.69, 9.17) is 16.0 Å². The van der Waals surface area contributed by atoms with Gasteiger partial charge in [0, 0.05) is 11.2 Å². The predicted molar refractivity (Wildman–Crippen MR) is 100 cm³/mol. The molecule has 0 unspecified atom stereocenters. The van der Waals surface area contributed by atoms with Crippen molar-refractivity contribution in [3.8, 4) is 0 Å². The summed E-state index contributed by atoms with van der Waals surface area (Å²) in [7, 11) is 0. The molecule has 0 bridgehead atoms. The van der Waals surface area contributed by atoms with Crippen LogP contribution >= 0.6 is 11.6 Å². The van der Waals surface area contributed by atoms with Crippen LogP contribution in [0, 0.1) is 0 Å². The number of para-hydroxylation sites is 1. The Morgan fingerprint density at radius 1 is 0.926 bits per heavy atom. The summed E-state index contributed by atoms with van der Waals surface area (Å²) in [5.74, 6) is -1.13. The third kappa shape index (κ3) is 2.14. The van der Waals surface area contributed by atoms with Gasteiger partial charge >= 0.3 is 0 Å². The maximum Gasteiger partial charge on any atom is 0.284 e. The molecule has 1 aliphatic rings. The normalized spacial score (nSPS) is 13.6. The Balaban J connectivity index is 1.83. The van der Waals surface area contributed by atoms with Gasteiger partial charge < -0.3 is 4.42 Å². The van der Waals surface area contributed by atoms with E-state index in [1.54, 1.807) is 42.5 Å².